The zero-order chi connectivity index (χ0) is 14.6. The average Bonchev–Trinajstić information content (AvgIpc) is 2.96. The maximum Gasteiger partial charge on any atom is 0.243 e. The number of ether oxygens (including phenoxy) is 1. The van der Waals surface area contributed by atoms with E-state index in [9.17, 15) is 0 Å². The second kappa shape index (κ2) is 6.68. The Kier molecular flexibility index (Phi) is 5.16. The molecule has 5 nitrogen and oxygen atoms in total. The summed E-state index contributed by atoms with van der Waals surface area (Å²) in [6.07, 6.45) is 7.26. The minimum Gasteiger partial charge on any atom is -0.370 e. The molecule has 1 aliphatic rings. The van der Waals surface area contributed by atoms with Crippen molar-refractivity contribution in [1.82, 2.24) is 10.1 Å². The molecule has 1 heterocycles. The highest BCUT2D eigenvalue weighted by Crippen LogP contribution is 2.40. The standard InChI is InChI=1S/C15H27N3O2/c1-4-5-6-12(16)13-17-14(18-20-13)15(19-3)9-7-11(2)8-10-15/h11-12H,4-10,16H2,1-3H3. The zero-order valence-electron chi connectivity index (χ0n) is 12.9. The smallest absolute Gasteiger partial charge is 0.243 e. The fourth-order valence-electron chi connectivity index (χ4n) is 2.87. The molecule has 1 aromatic rings. The molecule has 5 heteroatoms. The number of nitrogens with zero attached hydrogens (tertiary/aromatic N) is 2. The van der Waals surface area contributed by atoms with Crippen molar-refractivity contribution in [3.05, 3.63) is 11.7 Å². The second-order valence-corrected chi connectivity index (χ2v) is 6.09. The molecule has 0 aliphatic heterocycles. The van der Waals surface area contributed by atoms with E-state index in [0.717, 1.165) is 50.9 Å². The lowest BCUT2D eigenvalue weighted by atomic mass is 9.79. The van der Waals surface area contributed by atoms with Crippen LogP contribution in [0.5, 0.6) is 0 Å². The summed E-state index contributed by atoms with van der Waals surface area (Å²) in [7, 11) is 1.74. The van der Waals surface area contributed by atoms with Crippen molar-refractivity contribution in [1.29, 1.82) is 0 Å². The van der Waals surface area contributed by atoms with Gasteiger partial charge in [0.25, 0.3) is 0 Å². The first-order chi connectivity index (χ1) is 9.61. The van der Waals surface area contributed by atoms with Gasteiger partial charge in [-0.05, 0) is 38.0 Å². The van der Waals surface area contributed by atoms with Crippen molar-refractivity contribution < 1.29 is 9.26 Å². The molecule has 0 bridgehead atoms. The van der Waals surface area contributed by atoms with Crippen LogP contribution in [0.15, 0.2) is 4.52 Å². The van der Waals surface area contributed by atoms with Crippen molar-refractivity contribution in [2.75, 3.05) is 7.11 Å². The van der Waals surface area contributed by atoms with Gasteiger partial charge in [0.1, 0.15) is 5.60 Å². The molecule has 0 spiro atoms. The van der Waals surface area contributed by atoms with Crippen LogP contribution in [0.4, 0.5) is 0 Å². The minimum absolute atomic E-state index is 0.160. The third kappa shape index (κ3) is 3.20. The van der Waals surface area contributed by atoms with Gasteiger partial charge in [0.2, 0.25) is 11.7 Å². The monoisotopic (exact) mass is 281 g/mol. The number of aromatic nitrogens is 2. The molecule has 1 aliphatic carbocycles. The third-order valence-electron chi connectivity index (χ3n) is 4.51. The molecular formula is C15H27N3O2. The fourth-order valence-corrected chi connectivity index (χ4v) is 2.87. The van der Waals surface area contributed by atoms with Crippen LogP contribution in [0.1, 0.15) is 76.6 Å². The van der Waals surface area contributed by atoms with Gasteiger partial charge in [-0.2, -0.15) is 4.98 Å². The first-order valence-electron chi connectivity index (χ1n) is 7.76. The SMILES string of the molecule is CCCCC(N)c1nc(C2(OC)CCC(C)CC2)no1. The van der Waals surface area contributed by atoms with Gasteiger partial charge in [-0.1, -0.05) is 31.8 Å². The largest absolute Gasteiger partial charge is 0.370 e. The molecule has 2 N–H and O–H groups in total. The maximum atomic E-state index is 6.09. The van der Waals surface area contributed by atoms with Crippen LogP contribution >= 0.6 is 0 Å². The lowest BCUT2D eigenvalue weighted by molar-refractivity contribution is -0.0609. The second-order valence-electron chi connectivity index (χ2n) is 6.09. The van der Waals surface area contributed by atoms with E-state index in [0.29, 0.717) is 11.7 Å². The summed E-state index contributed by atoms with van der Waals surface area (Å²) < 4.78 is 11.1. The number of hydrogen-bond acceptors (Lipinski definition) is 5. The van der Waals surface area contributed by atoms with E-state index in [4.69, 9.17) is 15.0 Å². The molecular weight excluding hydrogens is 254 g/mol. The van der Waals surface area contributed by atoms with Crippen LogP contribution in [0.3, 0.4) is 0 Å². The molecule has 0 radical (unpaired) electrons. The quantitative estimate of drug-likeness (QED) is 0.865. The number of rotatable bonds is 6. The Morgan fingerprint density at radius 1 is 1.45 bits per heavy atom. The van der Waals surface area contributed by atoms with Crippen LogP contribution < -0.4 is 5.73 Å². The van der Waals surface area contributed by atoms with Crippen LogP contribution in [-0.2, 0) is 10.3 Å². The Balaban J connectivity index is 2.10. The number of hydrogen-bond donors (Lipinski definition) is 1. The molecule has 1 unspecified atom stereocenters. The highest BCUT2D eigenvalue weighted by molar-refractivity contribution is 5.05. The van der Waals surface area contributed by atoms with Crippen molar-refractivity contribution in [2.24, 2.45) is 11.7 Å². The Bertz CT molecular complexity index is 411. The summed E-state index contributed by atoms with van der Waals surface area (Å²) in [4.78, 5) is 4.53. The van der Waals surface area contributed by atoms with E-state index < -0.39 is 0 Å². The van der Waals surface area contributed by atoms with Gasteiger partial charge >= 0.3 is 0 Å². The number of unbranched alkanes of at least 4 members (excludes halogenated alkanes) is 1. The molecule has 1 aromatic heterocycles. The van der Waals surface area contributed by atoms with Gasteiger partial charge in [0.15, 0.2) is 0 Å². The van der Waals surface area contributed by atoms with Crippen LogP contribution in [0.25, 0.3) is 0 Å². The Hall–Kier alpha value is -0.940. The summed E-state index contributed by atoms with van der Waals surface area (Å²) in [5.41, 5.74) is 5.72. The maximum absolute atomic E-state index is 6.09. The molecule has 0 amide bonds. The van der Waals surface area contributed by atoms with E-state index in [2.05, 4.69) is 24.0 Å². The molecule has 1 atom stereocenters. The highest BCUT2D eigenvalue weighted by atomic mass is 16.5. The Morgan fingerprint density at radius 2 is 2.15 bits per heavy atom. The minimum atomic E-state index is -0.376. The molecule has 20 heavy (non-hydrogen) atoms. The van der Waals surface area contributed by atoms with Crippen molar-refractivity contribution in [3.63, 3.8) is 0 Å². The Labute approximate surface area is 121 Å². The van der Waals surface area contributed by atoms with Gasteiger partial charge < -0.3 is 15.0 Å². The van der Waals surface area contributed by atoms with Gasteiger partial charge in [-0.15, -0.1) is 0 Å². The van der Waals surface area contributed by atoms with Gasteiger partial charge in [0, 0.05) is 7.11 Å². The molecule has 0 aromatic carbocycles. The van der Waals surface area contributed by atoms with E-state index in [1.165, 1.54) is 0 Å². The predicted molar refractivity (Wildman–Crippen MR) is 77.1 cm³/mol. The van der Waals surface area contributed by atoms with Gasteiger partial charge in [-0.3, -0.25) is 0 Å². The summed E-state index contributed by atoms with van der Waals surface area (Å²) in [6, 6.07) is -0.160. The van der Waals surface area contributed by atoms with E-state index >= 15 is 0 Å². The highest BCUT2D eigenvalue weighted by Gasteiger charge is 2.40. The normalized spacial score (nSPS) is 28.5. The van der Waals surface area contributed by atoms with Crippen molar-refractivity contribution in [3.8, 4) is 0 Å². The molecule has 1 saturated carbocycles. The number of nitrogens with two attached hydrogens (primary N) is 1. The van der Waals surface area contributed by atoms with Crippen LogP contribution in [0, 0.1) is 5.92 Å². The van der Waals surface area contributed by atoms with Crippen molar-refractivity contribution in [2.45, 2.75) is 70.4 Å². The molecule has 114 valence electrons. The van der Waals surface area contributed by atoms with E-state index in [-0.39, 0.29) is 11.6 Å². The van der Waals surface area contributed by atoms with Crippen LogP contribution in [-0.4, -0.2) is 17.3 Å². The van der Waals surface area contributed by atoms with Gasteiger partial charge in [-0.25, -0.2) is 0 Å². The van der Waals surface area contributed by atoms with E-state index in [1.807, 2.05) is 0 Å². The molecule has 2 rings (SSSR count). The van der Waals surface area contributed by atoms with Gasteiger partial charge in [0.05, 0.1) is 6.04 Å². The topological polar surface area (TPSA) is 74.2 Å². The lowest BCUT2D eigenvalue weighted by Gasteiger charge is -2.35. The zero-order valence-corrected chi connectivity index (χ0v) is 12.9. The predicted octanol–water partition coefficient (Wildman–Crippen LogP) is 3.31. The van der Waals surface area contributed by atoms with Crippen molar-refractivity contribution >= 4 is 0 Å². The average molecular weight is 281 g/mol. The summed E-state index contributed by atoms with van der Waals surface area (Å²) >= 11 is 0. The molecule has 0 saturated heterocycles. The summed E-state index contributed by atoms with van der Waals surface area (Å²) in [5, 5.41) is 4.15. The summed E-state index contributed by atoms with van der Waals surface area (Å²) in [6.45, 7) is 4.43. The Morgan fingerprint density at radius 3 is 2.75 bits per heavy atom. The first kappa shape index (κ1) is 15.4. The van der Waals surface area contributed by atoms with E-state index in [1.54, 1.807) is 7.11 Å². The third-order valence-corrected chi connectivity index (χ3v) is 4.51. The first-order valence-corrected chi connectivity index (χ1v) is 7.76. The number of methoxy groups -OCH3 is 1. The van der Waals surface area contributed by atoms with Crippen LogP contribution in [0.2, 0.25) is 0 Å². The molecule has 1 fully saturated rings. The fraction of sp³-hybridized carbons (Fsp3) is 0.867. The lowest BCUT2D eigenvalue weighted by Crippen LogP contribution is -2.34. The summed E-state index contributed by atoms with van der Waals surface area (Å²) in [5.74, 6) is 1.97.